The van der Waals surface area contributed by atoms with Crippen LogP contribution in [0.2, 0.25) is 0 Å². The Hall–Kier alpha value is -3.17. The lowest BCUT2D eigenvalue weighted by Gasteiger charge is -2.14. The molecule has 1 amide bonds. The fourth-order valence-corrected chi connectivity index (χ4v) is 4.84. The monoisotopic (exact) mass is 545 g/mol. The summed E-state index contributed by atoms with van der Waals surface area (Å²) in [5.41, 5.74) is 10.9. The standard InChI is InChI=1S/C25H29ClN5O5P/c1-3-4-5-21-30-23-24(31(21)14-17-7-9-20(15(2)10-17)36-37(33,34)35)18-8-6-16(13-28-22(32)12-26)11-19(18)29-25(23)27/h6-11H,3-5,12-14H2,1-2H3,(H2,27,29)(H,28,32)(H2,33,34,35). The summed E-state index contributed by atoms with van der Waals surface area (Å²) in [5.74, 6) is 0.972. The van der Waals surface area contributed by atoms with E-state index in [1.807, 2.05) is 24.3 Å². The minimum absolute atomic E-state index is 0.106. The van der Waals surface area contributed by atoms with E-state index in [1.165, 1.54) is 0 Å². The number of hydrogen-bond donors (Lipinski definition) is 4. The van der Waals surface area contributed by atoms with E-state index in [9.17, 15) is 9.36 Å². The van der Waals surface area contributed by atoms with Crippen LogP contribution in [-0.2, 0) is 28.9 Å². The molecule has 0 bridgehead atoms. The molecular weight excluding hydrogens is 517 g/mol. The number of fused-ring (bicyclic) bond motifs is 3. The second kappa shape index (κ2) is 11.1. The number of anilines is 1. The highest BCUT2D eigenvalue weighted by atomic mass is 35.5. The summed E-state index contributed by atoms with van der Waals surface area (Å²) in [7, 11) is -4.65. The quantitative estimate of drug-likeness (QED) is 0.171. The fraction of sp³-hybridized carbons (Fsp3) is 0.320. The minimum Gasteiger partial charge on any atom is -0.404 e. The molecule has 0 radical (unpaired) electrons. The van der Waals surface area contributed by atoms with Gasteiger partial charge < -0.3 is 20.1 Å². The van der Waals surface area contributed by atoms with E-state index in [0.29, 0.717) is 35.5 Å². The number of unbranched alkanes of at least 4 members (excludes halogenated alkanes) is 1. The van der Waals surface area contributed by atoms with Gasteiger partial charge >= 0.3 is 7.82 Å². The van der Waals surface area contributed by atoms with Gasteiger partial charge in [-0.05, 0) is 42.2 Å². The largest absolute Gasteiger partial charge is 0.524 e. The molecule has 0 saturated carbocycles. The first kappa shape index (κ1) is 26.9. The van der Waals surface area contributed by atoms with Gasteiger partial charge in [0.2, 0.25) is 5.91 Å². The summed E-state index contributed by atoms with van der Waals surface area (Å²) in [6, 6.07) is 10.9. The van der Waals surface area contributed by atoms with Crippen LogP contribution in [-0.4, -0.2) is 36.1 Å². The molecule has 0 fully saturated rings. The lowest BCUT2D eigenvalue weighted by atomic mass is 10.1. The summed E-state index contributed by atoms with van der Waals surface area (Å²) in [6.07, 6.45) is 2.71. The predicted octanol–water partition coefficient (Wildman–Crippen LogP) is 4.19. The van der Waals surface area contributed by atoms with Crippen molar-refractivity contribution < 1.29 is 23.7 Å². The number of phosphoric ester groups is 1. The van der Waals surface area contributed by atoms with Crippen molar-refractivity contribution in [2.75, 3.05) is 11.6 Å². The average Bonchev–Trinajstić information content (AvgIpc) is 3.20. The van der Waals surface area contributed by atoms with Gasteiger partial charge in [-0.2, -0.15) is 0 Å². The Morgan fingerprint density at radius 1 is 1.19 bits per heavy atom. The third kappa shape index (κ3) is 6.22. The molecule has 0 aliphatic carbocycles. The number of nitrogens with two attached hydrogens (primary N) is 1. The smallest absolute Gasteiger partial charge is 0.404 e. The zero-order valence-electron chi connectivity index (χ0n) is 20.6. The Kier molecular flexibility index (Phi) is 8.04. The number of benzene rings is 2. The molecule has 5 N–H and O–H groups in total. The number of nitrogen functional groups attached to an aromatic ring is 1. The molecule has 12 heteroatoms. The highest BCUT2D eigenvalue weighted by Crippen LogP contribution is 2.39. The van der Waals surface area contributed by atoms with Crippen LogP contribution in [0.4, 0.5) is 5.82 Å². The SMILES string of the molecule is CCCCc1nc2c(N)nc3cc(CNC(=O)CCl)ccc3c2n1Cc1ccc(OP(=O)(O)O)c(C)c1. The van der Waals surface area contributed by atoms with Gasteiger partial charge in [0.15, 0.2) is 5.82 Å². The van der Waals surface area contributed by atoms with Crippen molar-refractivity contribution in [1.82, 2.24) is 19.9 Å². The van der Waals surface area contributed by atoms with Crippen LogP contribution < -0.4 is 15.6 Å². The van der Waals surface area contributed by atoms with E-state index >= 15 is 0 Å². The Morgan fingerprint density at radius 2 is 1.95 bits per heavy atom. The van der Waals surface area contributed by atoms with Gasteiger partial charge in [0.05, 0.1) is 11.0 Å². The van der Waals surface area contributed by atoms with Crippen LogP contribution >= 0.6 is 19.4 Å². The number of imidazole rings is 1. The van der Waals surface area contributed by atoms with Crippen molar-refractivity contribution in [3.05, 3.63) is 58.9 Å². The molecular formula is C25H29ClN5O5P. The number of amides is 1. The zero-order valence-corrected chi connectivity index (χ0v) is 22.2. The van der Waals surface area contributed by atoms with Gasteiger partial charge in [0.25, 0.3) is 0 Å². The van der Waals surface area contributed by atoms with Gasteiger partial charge in [-0.3, -0.25) is 14.6 Å². The first-order valence-electron chi connectivity index (χ1n) is 11.8. The molecule has 4 aromatic rings. The van der Waals surface area contributed by atoms with Crippen molar-refractivity contribution in [2.24, 2.45) is 0 Å². The molecule has 4 rings (SSSR count). The molecule has 196 valence electrons. The lowest BCUT2D eigenvalue weighted by Crippen LogP contribution is -2.23. The molecule has 2 aromatic carbocycles. The van der Waals surface area contributed by atoms with Crippen molar-refractivity contribution >= 4 is 53.1 Å². The second-order valence-electron chi connectivity index (χ2n) is 8.86. The van der Waals surface area contributed by atoms with Crippen LogP contribution in [0, 0.1) is 6.92 Å². The number of nitrogens with zero attached hydrogens (tertiary/aromatic N) is 3. The molecule has 10 nitrogen and oxygen atoms in total. The molecule has 0 atom stereocenters. The van der Waals surface area contributed by atoms with Gasteiger partial charge in [0, 0.05) is 24.9 Å². The van der Waals surface area contributed by atoms with E-state index in [2.05, 4.69) is 21.8 Å². The minimum atomic E-state index is -4.65. The molecule has 0 aliphatic rings. The van der Waals surface area contributed by atoms with Gasteiger partial charge in [-0.25, -0.2) is 14.5 Å². The Labute approximate surface area is 219 Å². The lowest BCUT2D eigenvalue weighted by molar-refractivity contribution is -0.118. The average molecular weight is 546 g/mol. The highest BCUT2D eigenvalue weighted by Gasteiger charge is 2.20. The topological polar surface area (TPSA) is 153 Å². The van der Waals surface area contributed by atoms with Crippen molar-refractivity contribution in [2.45, 2.75) is 46.2 Å². The number of aryl methyl sites for hydroxylation is 2. The molecule has 37 heavy (non-hydrogen) atoms. The van der Waals surface area contributed by atoms with Crippen LogP contribution in [0.5, 0.6) is 5.75 Å². The Bertz CT molecular complexity index is 1520. The summed E-state index contributed by atoms with van der Waals surface area (Å²) in [5, 5.41) is 3.63. The summed E-state index contributed by atoms with van der Waals surface area (Å²) in [6.45, 7) is 4.65. The zero-order chi connectivity index (χ0) is 26.7. The number of alkyl halides is 1. The van der Waals surface area contributed by atoms with Crippen LogP contribution in [0.1, 0.15) is 42.3 Å². The van der Waals surface area contributed by atoms with E-state index in [0.717, 1.165) is 47.1 Å². The first-order valence-corrected chi connectivity index (χ1v) is 13.9. The molecule has 0 spiro atoms. The van der Waals surface area contributed by atoms with Gasteiger partial charge in [-0.15, -0.1) is 11.6 Å². The maximum atomic E-state index is 11.6. The number of pyridine rings is 1. The highest BCUT2D eigenvalue weighted by molar-refractivity contribution is 7.46. The number of rotatable bonds is 10. The van der Waals surface area contributed by atoms with Gasteiger partial charge in [0.1, 0.15) is 23.0 Å². The van der Waals surface area contributed by atoms with Crippen LogP contribution in [0.25, 0.3) is 21.9 Å². The van der Waals surface area contributed by atoms with Crippen molar-refractivity contribution in [3.8, 4) is 5.75 Å². The summed E-state index contributed by atoms with van der Waals surface area (Å²) >= 11 is 5.58. The van der Waals surface area contributed by atoms with E-state index in [4.69, 9.17) is 36.6 Å². The van der Waals surface area contributed by atoms with E-state index < -0.39 is 7.82 Å². The Balaban J connectivity index is 1.80. The Morgan fingerprint density at radius 3 is 2.62 bits per heavy atom. The normalized spacial score (nSPS) is 11.8. The molecule has 0 unspecified atom stereocenters. The van der Waals surface area contributed by atoms with Crippen LogP contribution in [0.3, 0.4) is 0 Å². The number of carbonyl (C=O) groups excluding carboxylic acids is 1. The maximum absolute atomic E-state index is 11.6. The number of halogens is 1. The first-order chi connectivity index (χ1) is 17.6. The van der Waals surface area contributed by atoms with Crippen molar-refractivity contribution in [1.29, 1.82) is 0 Å². The third-order valence-electron chi connectivity index (χ3n) is 6.01. The molecule has 0 aliphatic heterocycles. The molecule has 2 aromatic heterocycles. The summed E-state index contributed by atoms with van der Waals surface area (Å²) in [4.78, 5) is 39.3. The number of phosphoric acid groups is 1. The van der Waals surface area contributed by atoms with E-state index in [1.54, 1.807) is 19.1 Å². The van der Waals surface area contributed by atoms with Gasteiger partial charge in [-0.1, -0.05) is 37.6 Å². The second-order valence-corrected chi connectivity index (χ2v) is 10.3. The van der Waals surface area contributed by atoms with Crippen molar-refractivity contribution in [3.63, 3.8) is 0 Å². The maximum Gasteiger partial charge on any atom is 0.524 e. The number of aromatic nitrogens is 3. The molecule has 2 heterocycles. The molecule has 0 saturated heterocycles. The van der Waals surface area contributed by atoms with E-state index in [-0.39, 0.29) is 17.5 Å². The number of carbonyl (C=O) groups is 1. The van der Waals surface area contributed by atoms with Crippen LogP contribution in [0.15, 0.2) is 36.4 Å². The number of nitrogens with one attached hydrogen (secondary N) is 1. The summed E-state index contributed by atoms with van der Waals surface area (Å²) < 4.78 is 18.2. The predicted molar refractivity (Wildman–Crippen MR) is 144 cm³/mol. The number of hydrogen-bond acceptors (Lipinski definition) is 6. The third-order valence-corrected chi connectivity index (χ3v) is 6.69. The fourth-order valence-electron chi connectivity index (χ4n) is 4.28.